The van der Waals surface area contributed by atoms with Crippen LogP contribution in [0.1, 0.15) is 25.7 Å². The molecule has 0 heterocycles. The van der Waals surface area contributed by atoms with Gasteiger partial charge in [-0.15, -0.1) is 0 Å². The van der Waals surface area contributed by atoms with Crippen LogP contribution in [0, 0.1) is 10.1 Å². The zero-order chi connectivity index (χ0) is 7.56. The summed E-state index contributed by atoms with van der Waals surface area (Å²) in [5, 5.41) is 10.3. The number of nitro groups is 1. The molecule has 2 unspecified atom stereocenters. The Balaban J connectivity index is 2.47. The number of rotatable bonds is 1. The van der Waals surface area contributed by atoms with E-state index < -0.39 is 6.04 Å². The third-order valence-corrected chi connectivity index (χ3v) is 2.05. The van der Waals surface area contributed by atoms with Crippen molar-refractivity contribution in [2.45, 2.75) is 37.8 Å². The molecule has 1 saturated carbocycles. The molecule has 2 N–H and O–H groups in total. The van der Waals surface area contributed by atoms with Gasteiger partial charge in [-0.05, 0) is 12.8 Å². The van der Waals surface area contributed by atoms with Crippen LogP contribution in [0.15, 0.2) is 0 Å². The van der Waals surface area contributed by atoms with Gasteiger partial charge in [-0.3, -0.25) is 10.1 Å². The van der Waals surface area contributed by atoms with Crippen molar-refractivity contribution in [1.29, 1.82) is 0 Å². The van der Waals surface area contributed by atoms with E-state index in [1.54, 1.807) is 0 Å². The fourth-order valence-electron chi connectivity index (χ4n) is 1.40. The third kappa shape index (κ3) is 1.44. The molecule has 0 bridgehead atoms. The highest BCUT2D eigenvalue weighted by Gasteiger charge is 2.30. The lowest BCUT2D eigenvalue weighted by molar-refractivity contribution is -0.528. The molecular weight excluding hydrogens is 132 g/mol. The fourth-order valence-corrected chi connectivity index (χ4v) is 1.40. The molecule has 0 radical (unpaired) electrons. The topological polar surface area (TPSA) is 69.2 Å². The van der Waals surface area contributed by atoms with Gasteiger partial charge in [-0.1, -0.05) is 6.42 Å². The van der Waals surface area contributed by atoms with E-state index in [1.165, 1.54) is 0 Å². The average molecular weight is 144 g/mol. The molecule has 1 rings (SSSR count). The molecular formula is C6H12N2O2. The van der Waals surface area contributed by atoms with Crippen LogP contribution >= 0.6 is 0 Å². The largest absolute Gasteiger partial charge is 0.322 e. The molecule has 1 aliphatic rings. The van der Waals surface area contributed by atoms with Crippen molar-refractivity contribution in [3.63, 3.8) is 0 Å². The standard InChI is InChI=1S/C6H12N2O2/c7-5-3-1-2-4-6(5)8(9)10/h5-6H,1-4,7H2. The van der Waals surface area contributed by atoms with E-state index in [4.69, 9.17) is 5.73 Å². The Morgan fingerprint density at radius 3 is 2.40 bits per heavy atom. The molecule has 1 aliphatic carbocycles. The molecule has 0 aromatic heterocycles. The highest BCUT2D eigenvalue weighted by atomic mass is 16.6. The predicted octanol–water partition coefficient (Wildman–Crippen LogP) is 0.533. The summed E-state index contributed by atoms with van der Waals surface area (Å²) < 4.78 is 0. The Morgan fingerprint density at radius 1 is 1.40 bits per heavy atom. The lowest BCUT2D eigenvalue weighted by Gasteiger charge is -2.21. The first-order chi connectivity index (χ1) is 4.72. The lowest BCUT2D eigenvalue weighted by atomic mass is 9.92. The van der Waals surface area contributed by atoms with Crippen LogP contribution in [-0.4, -0.2) is 17.0 Å². The molecule has 0 aromatic rings. The highest BCUT2D eigenvalue weighted by Crippen LogP contribution is 2.18. The van der Waals surface area contributed by atoms with Crippen LogP contribution in [0.5, 0.6) is 0 Å². The smallest absolute Gasteiger partial charge is 0.227 e. The maximum Gasteiger partial charge on any atom is 0.227 e. The molecule has 4 nitrogen and oxygen atoms in total. The Bertz CT molecular complexity index is 138. The summed E-state index contributed by atoms with van der Waals surface area (Å²) in [4.78, 5) is 10.0. The second-order valence-corrected chi connectivity index (χ2v) is 2.80. The van der Waals surface area contributed by atoms with E-state index in [0.717, 1.165) is 19.3 Å². The summed E-state index contributed by atoms with van der Waals surface area (Å²) in [6, 6.07) is -0.683. The predicted molar refractivity (Wildman–Crippen MR) is 37.2 cm³/mol. The Labute approximate surface area is 59.6 Å². The Morgan fingerprint density at radius 2 is 2.00 bits per heavy atom. The molecule has 0 amide bonds. The van der Waals surface area contributed by atoms with Gasteiger partial charge in [0, 0.05) is 11.3 Å². The van der Waals surface area contributed by atoms with Crippen LogP contribution < -0.4 is 5.73 Å². The summed E-state index contributed by atoms with van der Waals surface area (Å²) in [5.41, 5.74) is 5.54. The number of nitrogens with zero attached hydrogens (tertiary/aromatic N) is 1. The SMILES string of the molecule is NC1CCCCC1[N+](=O)[O-]. The Hall–Kier alpha value is -0.640. The summed E-state index contributed by atoms with van der Waals surface area (Å²) in [5.74, 6) is 0. The minimum absolute atomic E-state index is 0.205. The van der Waals surface area contributed by atoms with Crippen LogP contribution in [0.4, 0.5) is 0 Å². The first-order valence-electron chi connectivity index (χ1n) is 3.61. The van der Waals surface area contributed by atoms with Crippen LogP contribution in [0.2, 0.25) is 0 Å². The number of nitrogens with two attached hydrogens (primary N) is 1. The van der Waals surface area contributed by atoms with Gasteiger partial charge in [0.1, 0.15) is 0 Å². The monoisotopic (exact) mass is 144 g/mol. The molecule has 2 atom stereocenters. The van der Waals surface area contributed by atoms with Crippen molar-refractivity contribution in [2.24, 2.45) is 5.73 Å². The van der Waals surface area contributed by atoms with Gasteiger partial charge in [-0.2, -0.15) is 0 Å². The molecule has 10 heavy (non-hydrogen) atoms. The molecule has 58 valence electrons. The second-order valence-electron chi connectivity index (χ2n) is 2.80. The van der Waals surface area contributed by atoms with Crippen molar-refractivity contribution < 1.29 is 4.92 Å². The van der Waals surface area contributed by atoms with Crippen LogP contribution in [-0.2, 0) is 0 Å². The Kier molecular flexibility index (Phi) is 2.21. The van der Waals surface area contributed by atoms with Crippen molar-refractivity contribution in [3.8, 4) is 0 Å². The molecule has 0 aliphatic heterocycles. The van der Waals surface area contributed by atoms with Gasteiger partial charge < -0.3 is 5.73 Å². The van der Waals surface area contributed by atoms with E-state index >= 15 is 0 Å². The van der Waals surface area contributed by atoms with Gasteiger partial charge in [0.05, 0.1) is 6.04 Å². The quantitative estimate of drug-likeness (QED) is 0.431. The molecule has 0 aromatic carbocycles. The number of hydrogen-bond donors (Lipinski definition) is 1. The van der Waals surface area contributed by atoms with Crippen molar-refractivity contribution >= 4 is 0 Å². The van der Waals surface area contributed by atoms with E-state index in [-0.39, 0.29) is 11.0 Å². The maximum absolute atomic E-state index is 10.3. The number of hydrogen-bond acceptors (Lipinski definition) is 3. The average Bonchev–Trinajstić information content (AvgIpc) is 1.88. The zero-order valence-electron chi connectivity index (χ0n) is 5.82. The first kappa shape index (κ1) is 7.47. The van der Waals surface area contributed by atoms with Gasteiger partial charge in [0.15, 0.2) is 0 Å². The molecule has 0 saturated heterocycles. The van der Waals surface area contributed by atoms with Crippen LogP contribution in [0.3, 0.4) is 0 Å². The van der Waals surface area contributed by atoms with E-state index in [9.17, 15) is 10.1 Å². The summed E-state index contributed by atoms with van der Waals surface area (Å²) in [6.07, 6.45) is 3.48. The third-order valence-electron chi connectivity index (χ3n) is 2.05. The first-order valence-corrected chi connectivity index (χ1v) is 3.61. The van der Waals surface area contributed by atoms with Gasteiger partial charge >= 0.3 is 0 Å². The lowest BCUT2D eigenvalue weighted by Crippen LogP contribution is -2.42. The van der Waals surface area contributed by atoms with Crippen LogP contribution in [0.25, 0.3) is 0 Å². The molecule has 4 heteroatoms. The van der Waals surface area contributed by atoms with Crippen molar-refractivity contribution in [3.05, 3.63) is 10.1 Å². The summed E-state index contributed by atoms with van der Waals surface area (Å²) in [6.45, 7) is 0. The van der Waals surface area contributed by atoms with Gasteiger partial charge in [-0.25, -0.2) is 0 Å². The van der Waals surface area contributed by atoms with Gasteiger partial charge in [0.25, 0.3) is 0 Å². The normalized spacial score (nSPS) is 33.7. The van der Waals surface area contributed by atoms with Gasteiger partial charge in [0.2, 0.25) is 6.04 Å². The molecule has 0 spiro atoms. The van der Waals surface area contributed by atoms with E-state index in [0.29, 0.717) is 6.42 Å². The summed E-state index contributed by atoms with van der Waals surface area (Å²) in [7, 11) is 0. The zero-order valence-corrected chi connectivity index (χ0v) is 5.82. The minimum atomic E-state index is -0.478. The fraction of sp³-hybridized carbons (Fsp3) is 1.00. The molecule has 1 fully saturated rings. The van der Waals surface area contributed by atoms with E-state index in [2.05, 4.69) is 0 Å². The highest BCUT2D eigenvalue weighted by molar-refractivity contribution is 4.77. The minimum Gasteiger partial charge on any atom is -0.322 e. The van der Waals surface area contributed by atoms with Crippen molar-refractivity contribution in [2.75, 3.05) is 0 Å². The second kappa shape index (κ2) is 2.96. The maximum atomic E-state index is 10.3. The summed E-state index contributed by atoms with van der Waals surface area (Å²) >= 11 is 0. The van der Waals surface area contributed by atoms with E-state index in [1.807, 2.05) is 0 Å². The van der Waals surface area contributed by atoms with Crippen molar-refractivity contribution in [1.82, 2.24) is 0 Å².